The Bertz CT molecular complexity index is 801. The quantitative estimate of drug-likeness (QED) is 0.398. The van der Waals surface area contributed by atoms with E-state index in [1.807, 2.05) is 0 Å². The standard InChI is InChI=1S/C13H16N4O5S/c1-3-4-15-5-6-16(14-15)8-13(2)11(12(19)20)17-9(18)7-10(17)23(13,21)22/h3,5-6,10-11H,1,4,7-8H2,2H3/p+1/t10-,11-,13-/m1/s1. The zero-order chi connectivity index (χ0) is 17.0. The molecule has 0 radical (unpaired) electrons. The molecule has 1 aromatic heterocycles. The van der Waals surface area contributed by atoms with Crippen LogP contribution in [-0.2, 0) is 32.5 Å². The van der Waals surface area contributed by atoms with Gasteiger partial charge in [-0.3, -0.25) is 4.79 Å². The van der Waals surface area contributed by atoms with Crippen molar-refractivity contribution in [2.75, 3.05) is 0 Å². The summed E-state index contributed by atoms with van der Waals surface area (Å²) >= 11 is 0. The van der Waals surface area contributed by atoms with Crippen LogP contribution >= 0.6 is 0 Å². The van der Waals surface area contributed by atoms with Crippen LogP contribution in [0.15, 0.2) is 25.0 Å². The molecule has 3 heterocycles. The molecule has 10 heteroatoms. The molecule has 1 aromatic rings. The summed E-state index contributed by atoms with van der Waals surface area (Å²) < 4.78 is 26.8. The SMILES string of the molecule is C=CCn1cc[n+](C[C@]2(C)[C@@H](C(=O)O)N3C(=O)C[C@H]3S2(=O)=O)n1. The Morgan fingerprint density at radius 1 is 1.65 bits per heavy atom. The molecule has 124 valence electrons. The van der Waals surface area contributed by atoms with Crippen molar-refractivity contribution >= 4 is 21.7 Å². The fourth-order valence-electron chi connectivity index (χ4n) is 3.28. The Balaban J connectivity index is 2.00. The third-order valence-corrected chi connectivity index (χ3v) is 7.24. The van der Waals surface area contributed by atoms with E-state index in [1.54, 1.807) is 23.2 Å². The summed E-state index contributed by atoms with van der Waals surface area (Å²) in [6.07, 6.45) is 4.69. The molecule has 1 N–H and O–H groups in total. The maximum absolute atomic E-state index is 12.8. The molecule has 0 bridgehead atoms. The lowest BCUT2D eigenvalue weighted by molar-refractivity contribution is -0.758. The molecule has 0 aromatic carbocycles. The van der Waals surface area contributed by atoms with Gasteiger partial charge in [0.05, 0.1) is 11.6 Å². The van der Waals surface area contributed by atoms with E-state index in [2.05, 4.69) is 11.8 Å². The highest BCUT2D eigenvalue weighted by molar-refractivity contribution is 7.93. The van der Waals surface area contributed by atoms with E-state index < -0.39 is 37.9 Å². The number of carboxylic acid groups (broad SMARTS) is 1. The van der Waals surface area contributed by atoms with Crippen molar-refractivity contribution in [2.45, 2.75) is 42.6 Å². The summed E-state index contributed by atoms with van der Waals surface area (Å²) in [5.74, 6) is -1.77. The van der Waals surface area contributed by atoms with E-state index >= 15 is 0 Å². The molecule has 0 spiro atoms. The number of aromatic nitrogens is 3. The molecular formula is C13H17N4O5S+. The van der Waals surface area contributed by atoms with Crippen LogP contribution in [0.4, 0.5) is 0 Å². The van der Waals surface area contributed by atoms with Crippen molar-refractivity contribution in [3.8, 4) is 0 Å². The zero-order valence-corrected chi connectivity index (χ0v) is 13.3. The molecule has 23 heavy (non-hydrogen) atoms. The zero-order valence-electron chi connectivity index (χ0n) is 12.5. The molecule has 1 amide bonds. The van der Waals surface area contributed by atoms with Crippen molar-refractivity contribution in [1.29, 1.82) is 0 Å². The lowest BCUT2D eigenvalue weighted by Gasteiger charge is -2.35. The highest BCUT2D eigenvalue weighted by Crippen LogP contribution is 2.46. The largest absolute Gasteiger partial charge is 0.480 e. The third kappa shape index (κ3) is 2.01. The fourth-order valence-corrected chi connectivity index (χ4v) is 5.64. The average Bonchev–Trinajstić information content (AvgIpc) is 2.92. The van der Waals surface area contributed by atoms with Gasteiger partial charge < -0.3 is 10.0 Å². The highest BCUT2D eigenvalue weighted by Gasteiger charge is 2.70. The molecule has 2 fully saturated rings. The summed E-state index contributed by atoms with van der Waals surface area (Å²) in [5.41, 5.74) is 0. The lowest BCUT2D eigenvalue weighted by atomic mass is 9.96. The first kappa shape index (κ1) is 15.7. The summed E-state index contributed by atoms with van der Waals surface area (Å²) in [5, 5.41) is 12.6. The number of hydrogen-bond donors (Lipinski definition) is 1. The molecule has 3 atom stereocenters. The van der Waals surface area contributed by atoms with Gasteiger partial charge in [-0.2, -0.15) is 0 Å². The van der Waals surface area contributed by atoms with Crippen molar-refractivity contribution in [1.82, 2.24) is 14.8 Å². The monoisotopic (exact) mass is 341 g/mol. The number of β-lactam (4-membered cyclic amide) rings is 1. The first-order valence-electron chi connectivity index (χ1n) is 7.04. The van der Waals surface area contributed by atoms with Gasteiger partial charge in [0.1, 0.15) is 23.2 Å². The van der Waals surface area contributed by atoms with Gasteiger partial charge >= 0.3 is 5.97 Å². The Morgan fingerprint density at radius 2 is 2.35 bits per heavy atom. The molecule has 0 aliphatic carbocycles. The van der Waals surface area contributed by atoms with Crippen molar-refractivity contribution in [3.63, 3.8) is 0 Å². The average molecular weight is 341 g/mol. The van der Waals surface area contributed by atoms with Crippen molar-refractivity contribution < 1.29 is 27.8 Å². The van der Waals surface area contributed by atoms with Crippen LogP contribution in [0.1, 0.15) is 13.3 Å². The van der Waals surface area contributed by atoms with E-state index in [-0.39, 0.29) is 13.0 Å². The topological polar surface area (TPSA) is 113 Å². The predicted molar refractivity (Wildman–Crippen MR) is 76.6 cm³/mol. The fraction of sp³-hybridized carbons (Fsp3) is 0.538. The minimum atomic E-state index is -3.82. The minimum Gasteiger partial charge on any atom is -0.480 e. The Hall–Kier alpha value is -2.23. The van der Waals surface area contributed by atoms with Crippen LogP contribution in [0.5, 0.6) is 0 Å². The van der Waals surface area contributed by atoms with Crippen molar-refractivity contribution in [2.24, 2.45) is 0 Å². The molecular weight excluding hydrogens is 324 g/mol. The number of rotatable bonds is 5. The lowest BCUT2D eigenvalue weighted by Crippen LogP contribution is -2.60. The Labute approximate surface area is 132 Å². The van der Waals surface area contributed by atoms with E-state index in [4.69, 9.17) is 0 Å². The van der Waals surface area contributed by atoms with Gasteiger partial charge in [-0.25, -0.2) is 13.2 Å². The maximum atomic E-state index is 12.8. The number of sulfone groups is 1. The van der Waals surface area contributed by atoms with E-state index in [0.717, 1.165) is 4.90 Å². The highest BCUT2D eigenvalue weighted by atomic mass is 32.2. The smallest absolute Gasteiger partial charge is 0.328 e. The third-order valence-electron chi connectivity index (χ3n) is 4.48. The normalized spacial score (nSPS) is 31.5. The number of allylic oxidation sites excluding steroid dienone is 1. The number of amides is 1. The minimum absolute atomic E-state index is 0.142. The predicted octanol–water partition coefficient (Wildman–Crippen LogP) is -1.44. The number of aliphatic carboxylic acids is 1. The van der Waals surface area contributed by atoms with Crippen LogP contribution in [-0.4, -0.2) is 56.4 Å². The number of carbonyl (C=O) groups is 2. The summed E-state index contributed by atoms with van der Waals surface area (Å²) in [6.45, 7) is 5.26. The number of fused-ring (bicyclic) bond motifs is 1. The van der Waals surface area contributed by atoms with Crippen LogP contribution in [0.2, 0.25) is 0 Å². The number of carbonyl (C=O) groups excluding carboxylic acids is 1. The molecule has 9 nitrogen and oxygen atoms in total. The van der Waals surface area contributed by atoms with Gasteiger partial charge in [0.25, 0.3) is 0 Å². The summed E-state index contributed by atoms with van der Waals surface area (Å²) in [7, 11) is -3.82. The molecule has 3 rings (SSSR count). The van der Waals surface area contributed by atoms with Crippen LogP contribution in [0, 0.1) is 0 Å². The second-order valence-electron chi connectivity index (χ2n) is 5.95. The van der Waals surface area contributed by atoms with Gasteiger partial charge in [-0.1, -0.05) is 6.58 Å². The molecule has 0 unspecified atom stereocenters. The van der Waals surface area contributed by atoms with Crippen LogP contribution < -0.4 is 4.68 Å². The van der Waals surface area contributed by atoms with E-state index in [9.17, 15) is 23.1 Å². The summed E-state index contributed by atoms with van der Waals surface area (Å²) in [6, 6.07) is -1.41. The van der Waals surface area contributed by atoms with Gasteiger partial charge in [0.2, 0.25) is 5.91 Å². The first-order valence-corrected chi connectivity index (χ1v) is 8.58. The van der Waals surface area contributed by atoms with Crippen LogP contribution in [0.25, 0.3) is 0 Å². The maximum Gasteiger partial charge on any atom is 0.328 e. The van der Waals surface area contributed by atoms with E-state index in [0.29, 0.717) is 6.54 Å². The Kier molecular flexibility index (Phi) is 3.32. The molecule has 2 aliphatic heterocycles. The van der Waals surface area contributed by atoms with Crippen LogP contribution in [0.3, 0.4) is 0 Å². The molecule has 2 saturated heterocycles. The first-order chi connectivity index (χ1) is 10.7. The molecule has 0 saturated carbocycles. The van der Waals surface area contributed by atoms with Gasteiger partial charge in [0, 0.05) is 0 Å². The summed E-state index contributed by atoms with van der Waals surface area (Å²) in [4.78, 5) is 24.3. The van der Waals surface area contributed by atoms with E-state index in [1.165, 1.54) is 11.6 Å². The van der Waals surface area contributed by atoms with Gasteiger partial charge in [-0.05, 0) is 13.0 Å². The molecule has 2 aliphatic rings. The van der Waals surface area contributed by atoms with Gasteiger partial charge in [-0.15, -0.1) is 9.36 Å². The number of carboxylic acids is 1. The second-order valence-corrected chi connectivity index (χ2v) is 8.52. The number of nitrogens with zero attached hydrogens (tertiary/aromatic N) is 4. The number of hydrogen-bond acceptors (Lipinski definition) is 5. The Morgan fingerprint density at radius 3 is 2.91 bits per heavy atom. The second kappa shape index (κ2) is 4.88. The van der Waals surface area contributed by atoms with Gasteiger partial charge in [0.15, 0.2) is 28.3 Å². The van der Waals surface area contributed by atoms with Crippen molar-refractivity contribution in [3.05, 3.63) is 25.0 Å².